The van der Waals surface area contributed by atoms with Gasteiger partial charge >= 0.3 is 0 Å². The molecular weight excluding hydrogens is 387 g/mol. The van der Waals surface area contributed by atoms with Crippen LogP contribution >= 0.6 is 0 Å². The minimum Gasteiger partial charge on any atom is -0.497 e. The first-order chi connectivity index (χ1) is 14.5. The smallest absolute Gasteiger partial charge is 0.269 e. The van der Waals surface area contributed by atoms with Crippen molar-refractivity contribution in [2.75, 3.05) is 7.11 Å². The van der Waals surface area contributed by atoms with E-state index in [0.717, 1.165) is 11.1 Å². The second-order valence-electron chi connectivity index (χ2n) is 6.45. The largest absolute Gasteiger partial charge is 0.497 e. The molecule has 0 radical (unpaired) electrons. The number of carbonyl (C=O) groups is 1. The molecule has 7 heteroatoms. The van der Waals surface area contributed by atoms with Crippen molar-refractivity contribution in [2.24, 2.45) is 0 Å². The van der Waals surface area contributed by atoms with Crippen molar-refractivity contribution >= 4 is 17.7 Å². The molecule has 1 unspecified atom stereocenters. The molecule has 0 fully saturated rings. The summed E-state index contributed by atoms with van der Waals surface area (Å²) < 4.78 is 18.5. The molecule has 3 rings (SSSR count). The predicted molar refractivity (Wildman–Crippen MR) is 112 cm³/mol. The van der Waals surface area contributed by atoms with Gasteiger partial charge in [-0.3, -0.25) is 14.9 Å². The molecule has 3 aromatic carbocycles. The Kier molecular flexibility index (Phi) is 6.54. The van der Waals surface area contributed by atoms with Crippen LogP contribution in [0.15, 0.2) is 78.9 Å². The monoisotopic (exact) mass is 406 g/mol. The number of amides is 1. The van der Waals surface area contributed by atoms with E-state index in [9.17, 15) is 19.3 Å². The number of nitrogens with zero attached hydrogens (tertiary/aromatic N) is 1. The highest BCUT2D eigenvalue weighted by molar-refractivity contribution is 5.92. The summed E-state index contributed by atoms with van der Waals surface area (Å²) in [5.41, 5.74) is 2.16. The second kappa shape index (κ2) is 9.47. The number of nitro benzene ring substituents is 1. The summed E-state index contributed by atoms with van der Waals surface area (Å²) in [6.07, 6.45) is 2.91. The summed E-state index contributed by atoms with van der Waals surface area (Å²) in [6, 6.07) is 18.5. The van der Waals surface area contributed by atoms with Gasteiger partial charge in [-0.1, -0.05) is 24.3 Å². The maximum atomic E-state index is 13.3. The molecule has 0 aliphatic rings. The van der Waals surface area contributed by atoms with Gasteiger partial charge in [-0.15, -0.1) is 0 Å². The summed E-state index contributed by atoms with van der Waals surface area (Å²) in [4.78, 5) is 22.8. The van der Waals surface area contributed by atoms with Gasteiger partial charge in [0.25, 0.3) is 5.69 Å². The van der Waals surface area contributed by atoms with Crippen LogP contribution in [-0.4, -0.2) is 17.9 Å². The van der Waals surface area contributed by atoms with E-state index in [1.165, 1.54) is 30.3 Å². The Balaban J connectivity index is 1.80. The number of nitrogens with one attached hydrogen (secondary N) is 1. The van der Waals surface area contributed by atoms with Crippen LogP contribution in [0.3, 0.4) is 0 Å². The van der Waals surface area contributed by atoms with Gasteiger partial charge in [0.2, 0.25) is 5.91 Å². The molecule has 0 spiro atoms. The van der Waals surface area contributed by atoms with Crippen LogP contribution in [0.5, 0.6) is 5.75 Å². The zero-order valence-electron chi connectivity index (χ0n) is 16.1. The second-order valence-corrected chi connectivity index (χ2v) is 6.45. The van der Waals surface area contributed by atoms with Gasteiger partial charge in [-0.25, -0.2) is 4.39 Å². The van der Waals surface area contributed by atoms with Gasteiger partial charge in [0.1, 0.15) is 11.6 Å². The standard InChI is InChI=1S/C23H19FN2O4/c1-30-21-13-7-18(8-14-21)23(17-5-9-19(24)10-6-17)25-22(27)15-4-16-2-11-20(12-3-16)26(28)29/h2-15,23H,1H3,(H,25,27)/b15-4+. The highest BCUT2D eigenvalue weighted by atomic mass is 19.1. The molecule has 0 heterocycles. The van der Waals surface area contributed by atoms with Crippen LogP contribution in [0.2, 0.25) is 0 Å². The molecule has 0 aliphatic heterocycles. The Morgan fingerprint density at radius 1 is 1.00 bits per heavy atom. The number of methoxy groups -OCH3 is 1. The van der Waals surface area contributed by atoms with Crippen LogP contribution in [0.25, 0.3) is 6.08 Å². The summed E-state index contributed by atoms with van der Waals surface area (Å²) in [6.45, 7) is 0. The molecule has 0 aliphatic carbocycles. The van der Waals surface area contributed by atoms with E-state index in [4.69, 9.17) is 4.74 Å². The Morgan fingerprint density at radius 2 is 1.57 bits per heavy atom. The average molecular weight is 406 g/mol. The minimum absolute atomic E-state index is 0.0209. The number of nitro groups is 1. The molecule has 3 aromatic rings. The quantitative estimate of drug-likeness (QED) is 0.351. The maximum Gasteiger partial charge on any atom is 0.269 e. The molecule has 30 heavy (non-hydrogen) atoms. The van der Waals surface area contributed by atoms with Crippen LogP contribution in [0, 0.1) is 15.9 Å². The average Bonchev–Trinajstić information content (AvgIpc) is 2.77. The first-order valence-electron chi connectivity index (χ1n) is 9.09. The van der Waals surface area contributed by atoms with E-state index in [1.54, 1.807) is 49.6 Å². The van der Waals surface area contributed by atoms with E-state index in [1.807, 2.05) is 12.1 Å². The molecule has 6 nitrogen and oxygen atoms in total. The Hall–Kier alpha value is -4.00. The molecule has 152 valence electrons. The lowest BCUT2D eigenvalue weighted by Gasteiger charge is -2.19. The zero-order valence-corrected chi connectivity index (χ0v) is 16.1. The van der Waals surface area contributed by atoms with Gasteiger partial charge in [0, 0.05) is 18.2 Å². The van der Waals surface area contributed by atoms with Crippen molar-refractivity contribution in [3.63, 3.8) is 0 Å². The number of rotatable bonds is 7. The fourth-order valence-electron chi connectivity index (χ4n) is 2.88. The van der Waals surface area contributed by atoms with E-state index < -0.39 is 11.0 Å². The normalized spacial score (nSPS) is 11.8. The molecule has 0 aromatic heterocycles. The van der Waals surface area contributed by atoms with Gasteiger partial charge in [0.05, 0.1) is 18.1 Å². The highest BCUT2D eigenvalue weighted by Gasteiger charge is 2.16. The van der Waals surface area contributed by atoms with Crippen LogP contribution in [0.4, 0.5) is 10.1 Å². The lowest BCUT2D eigenvalue weighted by atomic mass is 9.98. The third kappa shape index (κ3) is 5.29. The lowest BCUT2D eigenvalue weighted by molar-refractivity contribution is -0.384. The third-order valence-electron chi connectivity index (χ3n) is 4.47. The summed E-state index contributed by atoms with van der Waals surface area (Å²) in [7, 11) is 1.57. The van der Waals surface area contributed by atoms with E-state index in [0.29, 0.717) is 11.3 Å². The number of ether oxygens (including phenoxy) is 1. The number of hydrogen-bond acceptors (Lipinski definition) is 4. The van der Waals surface area contributed by atoms with Crippen molar-refractivity contribution in [3.05, 3.63) is 111 Å². The first-order valence-corrected chi connectivity index (χ1v) is 9.09. The van der Waals surface area contributed by atoms with Crippen molar-refractivity contribution in [3.8, 4) is 5.75 Å². The fourth-order valence-corrected chi connectivity index (χ4v) is 2.88. The first kappa shape index (κ1) is 20.7. The lowest BCUT2D eigenvalue weighted by Crippen LogP contribution is -2.27. The minimum atomic E-state index is -0.495. The van der Waals surface area contributed by atoms with Crippen LogP contribution in [-0.2, 0) is 4.79 Å². The van der Waals surface area contributed by atoms with Crippen LogP contribution in [0.1, 0.15) is 22.7 Å². The summed E-state index contributed by atoms with van der Waals surface area (Å²) in [5.74, 6) is -0.0453. The van der Waals surface area contributed by atoms with Crippen molar-refractivity contribution in [1.29, 1.82) is 0 Å². The topological polar surface area (TPSA) is 81.5 Å². The number of benzene rings is 3. The molecule has 0 bridgehead atoms. The number of halogens is 1. The molecular formula is C23H19FN2O4. The zero-order chi connectivity index (χ0) is 21.5. The van der Waals surface area contributed by atoms with Gasteiger partial charge < -0.3 is 10.1 Å². The highest BCUT2D eigenvalue weighted by Crippen LogP contribution is 2.24. The van der Waals surface area contributed by atoms with E-state index in [-0.39, 0.29) is 17.4 Å². The van der Waals surface area contributed by atoms with Gasteiger partial charge in [-0.2, -0.15) is 0 Å². The van der Waals surface area contributed by atoms with Gasteiger partial charge in [-0.05, 0) is 59.2 Å². The molecule has 0 saturated carbocycles. The van der Waals surface area contributed by atoms with Crippen molar-refractivity contribution < 1.29 is 18.8 Å². The van der Waals surface area contributed by atoms with Crippen LogP contribution < -0.4 is 10.1 Å². The van der Waals surface area contributed by atoms with Crippen molar-refractivity contribution in [1.82, 2.24) is 5.32 Å². The van der Waals surface area contributed by atoms with Crippen molar-refractivity contribution in [2.45, 2.75) is 6.04 Å². The molecule has 0 saturated heterocycles. The number of non-ortho nitro benzene ring substituents is 1. The Bertz CT molecular complexity index is 1050. The molecule has 1 N–H and O–H groups in total. The summed E-state index contributed by atoms with van der Waals surface area (Å²) in [5, 5.41) is 13.6. The maximum absolute atomic E-state index is 13.3. The molecule has 1 atom stereocenters. The van der Waals surface area contributed by atoms with Gasteiger partial charge in [0.15, 0.2) is 0 Å². The van der Waals surface area contributed by atoms with E-state index in [2.05, 4.69) is 5.32 Å². The van der Waals surface area contributed by atoms with E-state index >= 15 is 0 Å². The molecule has 1 amide bonds. The summed E-state index contributed by atoms with van der Waals surface area (Å²) >= 11 is 0. The predicted octanol–water partition coefficient (Wildman–Crippen LogP) is 4.66. The SMILES string of the molecule is COc1ccc(C(NC(=O)/C=C/c2ccc([N+](=O)[O-])cc2)c2ccc(F)cc2)cc1. The number of hydrogen-bond donors (Lipinski definition) is 1. The number of carbonyl (C=O) groups excluding carboxylic acids is 1. The third-order valence-corrected chi connectivity index (χ3v) is 4.47. The Morgan fingerprint density at radius 3 is 2.10 bits per heavy atom. The fraction of sp³-hybridized carbons (Fsp3) is 0.0870. The Labute approximate surface area is 172 Å².